The summed E-state index contributed by atoms with van der Waals surface area (Å²) in [5.41, 5.74) is 5.25. The summed E-state index contributed by atoms with van der Waals surface area (Å²) in [5.74, 6) is 1.40. The number of anilines is 1. The highest BCUT2D eigenvalue weighted by atomic mass is 35.5. The first-order valence-electron chi connectivity index (χ1n) is 4.53. The quantitative estimate of drug-likeness (QED) is 0.602. The van der Waals surface area contributed by atoms with E-state index in [9.17, 15) is 0 Å². The van der Waals surface area contributed by atoms with Gasteiger partial charge in [-0.2, -0.15) is 0 Å². The van der Waals surface area contributed by atoms with Crippen LogP contribution < -0.4 is 5.73 Å². The molecule has 13 heavy (non-hydrogen) atoms. The zero-order valence-corrected chi connectivity index (χ0v) is 8.80. The molecule has 74 valence electrons. The molecule has 2 N–H and O–H groups in total. The number of unbranched alkanes of at least 4 members (excludes halogenated alkanes) is 2. The van der Waals surface area contributed by atoms with Crippen LogP contribution in [-0.4, -0.2) is 10.9 Å². The van der Waals surface area contributed by atoms with Crippen LogP contribution in [0.1, 0.15) is 26.2 Å². The fraction of sp³-hybridized carbons (Fsp3) is 0.500. The monoisotopic (exact) mass is 200 g/mol. The summed E-state index contributed by atoms with van der Waals surface area (Å²) in [5, 5.41) is 0. The van der Waals surface area contributed by atoms with Gasteiger partial charge in [-0.3, -0.25) is 0 Å². The number of nitrogens with zero attached hydrogens (tertiary/aromatic N) is 1. The Kier molecular flexibility index (Phi) is 8.78. The molecule has 1 heterocycles. The molecular weight excluding hydrogens is 184 g/mol. The lowest BCUT2D eigenvalue weighted by Gasteiger charge is -1.84. The molecular formula is C10H17ClN2. The molecule has 2 nitrogen and oxygen atoms in total. The molecule has 0 saturated heterocycles. The Balaban J connectivity index is 0.000000226. The number of hydrogen-bond acceptors (Lipinski definition) is 2. The Morgan fingerprint density at radius 3 is 2.38 bits per heavy atom. The van der Waals surface area contributed by atoms with Crippen molar-refractivity contribution in [3.63, 3.8) is 0 Å². The third-order valence-electron chi connectivity index (χ3n) is 1.42. The smallest absolute Gasteiger partial charge is 0.123 e. The summed E-state index contributed by atoms with van der Waals surface area (Å²) in [6.45, 7) is 2.17. The molecule has 0 unspecified atom stereocenters. The summed E-state index contributed by atoms with van der Waals surface area (Å²) in [4.78, 5) is 3.76. The van der Waals surface area contributed by atoms with Crippen molar-refractivity contribution in [3.05, 3.63) is 24.4 Å². The normalized spacial score (nSPS) is 8.77. The summed E-state index contributed by atoms with van der Waals surface area (Å²) in [6, 6.07) is 5.43. The van der Waals surface area contributed by atoms with E-state index in [0.29, 0.717) is 5.82 Å². The molecule has 0 fully saturated rings. The number of aromatic nitrogens is 1. The lowest BCUT2D eigenvalue weighted by atomic mass is 10.3. The van der Waals surface area contributed by atoms with Crippen LogP contribution in [-0.2, 0) is 0 Å². The van der Waals surface area contributed by atoms with E-state index in [1.165, 1.54) is 19.3 Å². The second kappa shape index (κ2) is 9.33. The largest absolute Gasteiger partial charge is 0.384 e. The first-order chi connectivity index (χ1) is 6.31. The number of rotatable bonds is 3. The van der Waals surface area contributed by atoms with Crippen LogP contribution >= 0.6 is 11.6 Å². The minimum Gasteiger partial charge on any atom is -0.384 e. The van der Waals surface area contributed by atoms with Crippen molar-refractivity contribution in [2.24, 2.45) is 0 Å². The summed E-state index contributed by atoms with van der Waals surface area (Å²) < 4.78 is 0. The molecule has 0 amide bonds. The minimum atomic E-state index is 0.572. The molecule has 1 aromatic rings. The molecule has 0 saturated carbocycles. The number of halogens is 1. The van der Waals surface area contributed by atoms with Gasteiger partial charge in [0.25, 0.3) is 0 Å². The van der Waals surface area contributed by atoms with Crippen molar-refractivity contribution in [3.8, 4) is 0 Å². The van der Waals surface area contributed by atoms with E-state index >= 15 is 0 Å². The molecule has 1 rings (SSSR count). The summed E-state index contributed by atoms with van der Waals surface area (Å²) in [7, 11) is 0. The van der Waals surface area contributed by atoms with E-state index in [1.54, 1.807) is 12.3 Å². The van der Waals surface area contributed by atoms with Crippen LogP contribution in [0.2, 0.25) is 0 Å². The SMILES string of the molecule is CCCCCCl.Nc1ccccn1. The van der Waals surface area contributed by atoms with Crippen LogP contribution in [0, 0.1) is 0 Å². The molecule has 0 bridgehead atoms. The highest BCUT2D eigenvalue weighted by Crippen LogP contribution is 1.93. The van der Waals surface area contributed by atoms with Crippen LogP contribution in [0.15, 0.2) is 24.4 Å². The average molecular weight is 201 g/mol. The topological polar surface area (TPSA) is 38.9 Å². The molecule has 0 aliphatic heterocycles. The van der Waals surface area contributed by atoms with Gasteiger partial charge in [-0.25, -0.2) is 4.98 Å². The fourth-order valence-electron chi connectivity index (χ4n) is 0.720. The van der Waals surface area contributed by atoms with E-state index in [1.807, 2.05) is 12.1 Å². The first-order valence-corrected chi connectivity index (χ1v) is 5.07. The second-order valence-electron chi connectivity index (χ2n) is 2.65. The van der Waals surface area contributed by atoms with Gasteiger partial charge in [-0.15, -0.1) is 11.6 Å². The third-order valence-corrected chi connectivity index (χ3v) is 1.69. The zero-order chi connectivity index (χ0) is 9.94. The van der Waals surface area contributed by atoms with Gasteiger partial charge >= 0.3 is 0 Å². The Labute approximate surface area is 85.1 Å². The lowest BCUT2D eigenvalue weighted by molar-refractivity contribution is 0.776. The van der Waals surface area contributed by atoms with Crippen LogP contribution in [0.5, 0.6) is 0 Å². The number of hydrogen-bond donors (Lipinski definition) is 1. The minimum absolute atomic E-state index is 0.572. The van der Waals surface area contributed by atoms with Gasteiger partial charge in [-0.05, 0) is 18.6 Å². The number of pyridine rings is 1. The summed E-state index contributed by atoms with van der Waals surface area (Å²) in [6.07, 6.45) is 5.39. The molecule has 0 radical (unpaired) electrons. The highest BCUT2D eigenvalue weighted by molar-refractivity contribution is 6.17. The number of alkyl halides is 1. The van der Waals surface area contributed by atoms with Gasteiger partial charge < -0.3 is 5.73 Å². The van der Waals surface area contributed by atoms with Gasteiger partial charge in [-0.1, -0.05) is 25.8 Å². The zero-order valence-electron chi connectivity index (χ0n) is 8.04. The van der Waals surface area contributed by atoms with Gasteiger partial charge in [0.1, 0.15) is 5.82 Å². The van der Waals surface area contributed by atoms with Crippen molar-refractivity contribution in [1.29, 1.82) is 0 Å². The van der Waals surface area contributed by atoms with E-state index in [2.05, 4.69) is 11.9 Å². The molecule has 0 spiro atoms. The maximum atomic E-state index is 5.38. The predicted molar refractivity (Wildman–Crippen MR) is 58.9 cm³/mol. The van der Waals surface area contributed by atoms with Gasteiger partial charge in [0, 0.05) is 12.1 Å². The molecule has 0 aromatic carbocycles. The molecule has 0 atom stereocenters. The van der Waals surface area contributed by atoms with Crippen molar-refractivity contribution in [1.82, 2.24) is 4.98 Å². The van der Waals surface area contributed by atoms with E-state index in [0.717, 1.165) is 5.88 Å². The second-order valence-corrected chi connectivity index (χ2v) is 3.03. The highest BCUT2D eigenvalue weighted by Gasteiger charge is 1.77. The molecule has 3 heteroatoms. The van der Waals surface area contributed by atoms with E-state index in [4.69, 9.17) is 17.3 Å². The number of nitrogens with two attached hydrogens (primary N) is 1. The first kappa shape index (κ1) is 12.2. The fourth-order valence-corrected chi connectivity index (χ4v) is 0.909. The Morgan fingerprint density at radius 1 is 1.38 bits per heavy atom. The van der Waals surface area contributed by atoms with Crippen molar-refractivity contribution in [2.75, 3.05) is 11.6 Å². The van der Waals surface area contributed by atoms with Crippen LogP contribution in [0.25, 0.3) is 0 Å². The molecule has 0 aliphatic rings. The van der Waals surface area contributed by atoms with Crippen molar-refractivity contribution in [2.45, 2.75) is 26.2 Å². The average Bonchev–Trinajstić information content (AvgIpc) is 2.17. The lowest BCUT2D eigenvalue weighted by Crippen LogP contribution is -1.85. The van der Waals surface area contributed by atoms with Crippen LogP contribution in [0.3, 0.4) is 0 Å². The maximum absolute atomic E-state index is 5.38. The molecule has 1 aromatic heterocycles. The van der Waals surface area contributed by atoms with Crippen LogP contribution in [0.4, 0.5) is 5.82 Å². The molecule has 0 aliphatic carbocycles. The standard InChI is InChI=1S/C5H11Cl.C5H6N2/c1-2-3-4-5-6;6-5-3-1-2-4-7-5/h2-5H2,1H3;1-4H,(H2,6,7). The van der Waals surface area contributed by atoms with Gasteiger partial charge in [0.2, 0.25) is 0 Å². The maximum Gasteiger partial charge on any atom is 0.123 e. The van der Waals surface area contributed by atoms with Crippen molar-refractivity contribution < 1.29 is 0 Å². The Morgan fingerprint density at radius 2 is 2.15 bits per heavy atom. The number of nitrogen functional groups attached to an aromatic ring is 1. The van der Waals surface area contributed by atoms with E-state index < -0.39 is 0 Å². The predicted octanol–water partition coefficient (Wildman–Crippen LogP) is 3.08. The summed E-state index contributed by atoms with van der Waals surface area (Å²) >= 11 is 5.38. The van der Waals surface area contributed by atoms with Gasteiger partial charge in [0.15, 0.2) is 0 Å². The third kappa shape index (κ3) is 9.15. The Bertz CT molecular complexity index is 185. The van der Waals surface area contributed by atoms with E-state index in [-0.39, 0.29) is 0 Å². The van der Waals surface area contributed by atoms with Gasteiger partial charge in [0.05, 0.1) is 0 Å². The Hall–Kier alpha value is -0.760. The van der Waals surface area contributed by atoms with Crippen molar-refractivity contribution >= 4 is 17.4 Å².